The summed E-state index contributed by atoms with van der Waals surface area (Å²) in [6.45, 7) is 1.38. The predicted molar refractivity (Wildman–Crippen MR) is 67.8 cm³/mol. The van der Waals surface area contributed by atoms with E-state index >= 15 is 0 Å². The molecule has 0 radical (unpaired) electrons. The number of pyridine rings is 1. The number of hydrogen-bond donors (Lipinski definition) is 1. The van der Waals surface area contributed by atoms with Crippen molar-refractivity contribution in [2.45, 2.75) is 6.54 Å². The number of aromatic nitrogens is 1. The van der Waals surface area contributed by atoms with Crippen molar-refractivity contribution in [2.24, 2.45) is 0 Å². The molecule has 0 saturated carbocycles. The van der Waals surface area contributed by atoms with Crippen molar-refractivity contribution in [2.75, 3.05) is 13.2 Å². The molecular weight excluding hydrogens is 250 g/mol. The number of benzene rings is 1. The molecule has 0 amide bonds. The SMILES string of the molecule is Fc1cccc(OCCNCc2ccccn2)c1F. The fourth-order valence-electron chi connectivity index (χ4n) is 1.55. The van der Waals surface area contributed by atoms with Crippen LogP contribution >= 0.6 is 0 Å². The maximum Gasteiger partial charge on any atom is 0.200 e. The second kappa shape index (κ2) is 6.80. The molecule has 0 fully saturated rings. The minimum absolute atomic E-state index is 0.0698. The third kappa shape index (κ3) is 3.99. The highest BCUT2D eigenvalue weighted by molar-refractivity contribution is 5.24. The number of nitrogens with zero attached hydrogens (tertiary/aromatic N) is 1. The van der Waals surface area contributed by atoms with Gasteiger partial charge in [0, 0.05) is 19.3 Å². The summed E-state index contributed by atoms with van der Waals surface area (Å²) in [7, 11) is 0. The molecule has 0 saturated heterocycles. The Morgan fingerprint density at radius 1 is 1.11 bits per heavy atom. The average Bonchev–Trinajstić information content (AvgIpc) is 2.44. The molecule has 3 nitrogen and oxygen atoms in total. The first kappa shape index (κ1) is 13.4. The summed E-state index contributed by atoms with van der Waals surface area (Å²) in [4.78, 5) is 4.15. The van der Waals surface area contributed by atoms with Gasteiger partial charge in [0.15, 0.2) is 11.6 Å². The Hall–Kier alpha value is -2.01. The van der Waals surface area contributed by atoms with Crippen molar-refractivity contribution in [1.29, 1.82) is 0 Å². The van der Waals surface area contributed by atoms with Gasteiger partial charge in [0.05, 0.1) is 5.69 Å². The van der Waals surface area contributed by atoms with E-state index in [0.29, 0.717) is 13.1 Å². The first-order chi connectivity index (χ1) is 9.27. The van der Waals surface area contributed by atoms with E-state index in [1.807, 2.05) is 18.2 Å². The van der Waals surface area contributed by atoms with Gasteiger partial charge in [-0.15, -0.1) is 0 Å². The van der Waals surface area contributed by atoms with Crippen LogP contribution in [0.5, 0.6) is 5.75 Å². The highest BCUT2D eigenvalue weighted by Crippen LogP contribution is 2.18. The topological polar surface area (TPSA) is 34.1 Å². The van der Waals surface area contributed by atoms with Crippen LogP contribution in [-0.4, -0.2) is 18.1 Å². The number of rotatable bonds is 6. The molecular formula is C14H14F2N2O. The number of nitrogens with one attached hydrogen (secondary N) is 1. The lowest BCUT2D eigenvalue weighted by Gasteiger charge is -2.08. The summed E-state index contributed by atoms with van der Waals surface area (Å²) < 4.78 is 31.3. The smallest absolute Gasteiger partial charge is 0.200 e. The van der Waals surface area contributed by atoms with Gasteiger partial charge in [-0.25, -0.2) is 4.39 Å². The Morgan fingerprint density at radius 3 is 2.79 bits per heavy atom. The average molecular weight is 264 g/mol. The van der Waals surface area contributed by atoms with E-state index in [1.54, 1.807) is 6.20 Å². The molecule has 0 unspecified atom stereocenters. The predicted octanol–water partition coefficient (Wildman–Crippen LogP) is 2.53. The summed E-state index contributed by atoms with van der Waals surface area (Å²) in [5.41, 5.74) is 0.916. The van der Waals surface area contributed by atoms with Crippen molar-refractivity contribution in [3.63, 3.8) is 0 Å². The molecule has 0 aliphatic carbocycles. The van der Waals surface area contributed by atoms with Gasteiger partial charge in [-0.2, -0.15) is 4.39 Å². The maximum atomic E-state index is 13.2. The van der Waals surface area contributed by atoms with E-state index in [4.69, 9.17) is 4.74 Å². The third-order valence-electron chi connectivity index (χ3n) is 2.48. The molecule has 1 N–H and O–H groups in total. The number of ether oxygens (including phenoxy) is 1. The van der Waals surface area contributed by atoms with Crippen LogP contribution in [0.4, 0.5) is 8.78 Å². The lowest BCUT2D eigenvalue weighted by Crippen LogP contribution is -2.21. The minimum atomic E-state index is -0.952. The summed E-state index contributed by atoms with van der Waals surface area (Å²) >= 11 is 0. The maximum absolute atomic E-state index is 13.2. The monoisotopic (exact) mass is 264 g/mol. The second-order valence-electron chi connectivity index (χ2n) is 3.90. The van der Waals surface area contributed by atoms with Crippen LogP contribution in [0.2, 0.25) is 0 Å². The molecule has 2 rings (SSSR count). The third-order valence-corrected chi connectivity index (χ3v) is 2.48. The van der Waals surface area contributed by atoms with E-state index in [2.05, 4.69) is 10.3 Å². The standard InChI is InChI=1S/C14H14F2N2O/c15-12-5-3-6-13(14(12)16)19-9-8-17-10-11-4-1-2-7-18-11/h1-7,17H,8-10H2. The zero-order valence-corrected chi connectivity index (χ0v) is 10.3. The Labute approximate surface area is 110 Å². The zero-order valence-electron chi connectivity index (χ0n) is 10.3. The van der Waals surface area contributed by atoms with Gasteiger partial charge in [0.1, 0.15) is 6.61 Å². The van der Waals surface area contributed by atoms with Crippen LogP contribution in [0.3, 0.4) is 0 Å². The van der Waals surface area contributed by atoms with Gasteiger partial charge in [-0.05, 0) is 24.3 Å². The van der Waals surface area contributed by atoms with Gasteiger partial charge in [-0.1, -0.05) is 12.1 Å². The first-order valence-corrected chi connectivity index (χ1v) is 5.95. The van der Waals surface area contributed by atoms with Crippen molar-refractivity contribution in [1.82, 2.24) is 10.3 Å². The molecule has 0 atom stereocenters. The van der Waals surface area contributed by atoms with Crippen molar-refractivity contribution in [3.8, 4) is 5.75 Å². The quantitative estimate of drug-likeness (QED) is 0.814. The lowest BCUT2D eigenvalue weighted by molar-refractivity contribution is 0.292. The summed E-state index contributed by atoms with van der Waals surface area (Å²) in [6.07, 6.45) is 1.72. The fraction of sp³-hybridized carbons (Fsp3) is 0.214. The van der Waals surface area contributed by atoms with Crippen LogP contribution in [0.25, 0.3) is 0 Å². The van der Waals surface area contributed by atoms with E-state index in [1.165, 1.54) is 12.1 Å². The van der Waals surface area contributed by atoms with Crippen LogP contribution in [0.1, 0.15) is 5.69 Å². The van der Waals surface area contributed by atoms with Crippen molar-refractivity contribution in [3.05, 3.63) is 59.9 Å². The highest BCUT2D eigenvalue weighted by atomic mass is 19.2. The molecule has 1 heterocycles. The van der Waals surface area contributed by atoms with Gasteiger partial charge >= 0.3 is 0 Å². The van der Waals surface area contributed by atoms with E-state index in [9.17, 15) is 8.78 Å². The molecule has 0 aliphatic rings. The van der Waals surface area contributed by atoms with Crippen molar-refractivity contribution < 1.29 is 13.5 Å². The minimum Gasteiger partial charge on any atom is -0.489 e. The summed E-state index contributed by atoms with van der Waals surface area (Å²) in [5, 5.41) is 3.10. The molecule has 0 spiro atoms. The molecule has 2 aromatic rings. The molecule has 100 valence electrons. The van der Waals surface area contributed by atoms with Gasteiger partial charge in [-0.3, -0.25) is 4.98 Å². The number of hydrogen-bond acceptors (Lipinski definition) is 3. The lowest BCUT2D eigenvalue weighted by atomic mass is 10.3. The number of halogens is 2. The van der Waals surface area contributed by atoms with Gasteiger partial charge < -0.3 is 10.1 Å². The van der Waals surface area contributed by atoms with Crippen molar-refractivity contribution >= 4 is 0 Å². The Morgan fingerprint density at radius 2 is 2.00 bits per heavy atom. The molecule has 19 heavy (non-hydrogen) atoms. The molecule has 1 aromatic carbocycles. The van der Waals surface area contributed by atoms with E-state index in [-0.39, 0.29) is 12.4 Å². The van der Waals surface area contributed by atoms with Crippen LogP contribution in [0.15, 0.2) is 42.6 Å². The van der Waals surface area contributed by atoms with E-state index < -0.39 is 11.6 Å². The molecule has 0 aliphatic heterocycles. The summed E-state index contributed by atoms with van der Waals surface area (Å²) in [6, 6.07) is 9.52. The van der Waals surface area contributed by atoms with E-state index in [0.717, 1.165) is 11.8 Å². The van der Waals surface area contributed by atoms with Gasteiger partial charge in [0.25, 0.3) is 0 Å². The fourth-order valence-corrected chi connectivity index (χ4v) is 1.55. The first-order valence-electron chi connectivity index (χ1n) is 5.95. The highest BCUT2D eigenvalue weighted by Gasteiger charge is 2.07. The van der Waals surface area contributed by atoms with Crippen LogP contribution in [-0.2, 0) is 6.54 Å². The Kier molecular flexibility index (Phi) is 4.80. The Balaban J connectivity index is 1.71. The zero-order chi connectivity index (χ0) is 13.5. The van der Waals surface area contributed by atoms with Crippen LogP contribution in [0, 0.1) is 11.6 Å². The molecule has 5 heteroatoms. The van der Waals surface area contributed by atoms with Gasteiger partial charge in [0.2, 0.25) is 5.82 Å². The summed E-state index contributed by atoms with van der Waals surface area (Å²) in [5.74, 6) is -1.93. The normalized spacial score (nSPS) is 10.4. The molecule has 0 bridgehead atoms. The second-order valence-corrected chi connectivity index (χ2v) is 3.90. The largest absolute Gasteiger partial charge is 0.489 e. The molecule has 1 aromatic heterocycles. The van der Waals surface area contributed by atoms with Crippen LogP contribution < -0.4 is 10.1 Å². The Bertz CT molecular complexity index is 520.